The van der Waals surface area contributed by atoms with E-state index in [4.69, 9.17) is 5.11 Å². The summed E-state index contributed by atoms with van der Waals surface area (Å²) < 4.78 is 0. The maximum absolute atomic E-state index is 11.1. The summed E-state index contributed by atoms with van der Waals surface area (Å²) in [4.78, 5) is 12.0. The van der Waals surface area contributed by atoms with Crippen molar-refractivity contribution in [1.82, 2.24) is 0 Å². The van der Waals surface area contributed by atoms with Crippen molar-refractivity contribution in [1.29, 1.82) is 5.26 Å². The minimum absolute atomic E-state index is 0.343. The highest BCUT2D eigenvalue weighted by molar-refractivity contribution is 7.98. The van der Waals surface area contributed by atoms with Crippen LogP contribution in [0.15, 0.2) is 23.1 Å². The molecule has 0 spiro atoms. The lowest BCUT2D eigenvalue weighted by Gasteiger charge is -2.15. The molecular weight excluding hydrogens is 260 g/mol. The smallest absolute Gasteiger partial charge is 0.308 e. The van der Waals surface area contributed by atoms with Gasteiger partial charge in [-0.3, -0.25) is 4.79 Å². The summed E-state index contributed by atoms with van der Waals surface area (Å²) in [6.07, 6.45) is 3.37. The fraction of sp³-hybridized carbons (Fsp3) is 0.429. The van der Waals surface area contributed by atoms with Gasteiger partial charge in [0.25, 0.3) is 0 Å². The summed E-state index contributed by atoms with van der Waals surface area (Å²) in [5, 5.41) is 21.4. The fourth-order valence-electron chi connectivity index (χ4n) is 1.86. The lowest BCUT2D eigenvalue weighted by atomic mass is 10.0. The highest BCUT2D eigenvalue weighted by Crippen LogP contribution is 2.26. The lowest BCUT2D eigenvalue weighted by Crippen LogP contribution is -2.23. The van der Waals surface area contributed by atoms with Crippen LogP contribution in [0.1, 0.15) is 25.3 Å². The summed E-state index contributed by atoms with van der Waals surface area (Å²) >= 11 is 1.51. The van der Waals surface area contributed by atoms with Crippen molar-refractivity contribution in [2.75, 3.05) is 18.1 Å². The molecule has 102 valence electrons. The van der Waals surface area contributed by atoms with Crippen LogP contribution in [0.25, 0.3) is 0 Å². The molecule has 0 fully saturated rings. The van der Waals surface area contributed by atoms with Gasteiger partial charge in [-0.05, 0) is 24.8 Å². The SMILES string of the molecule is CCCC(CNc1cccc(SC)c1C#N)C(=O)O. The van der Waals surface area contributed by atoms with E-state index in [1.54, 1.807) is 0 Å². The van der Waals surface area contributed by atoms with Gasteiger partial charge in [0, 0.05) is 11.4 Å². The monoisotopic (exact) mass is 278 g/mol. The molecule has 0 aromatic heterocycles. The molecule has 1 aromatic rings. The number of thioether (sulfide) groups is 1. The van der Waals surface area contributed by atoms with E-state index in [1.165, 1.54) is 11.8 Å². The van der Waals surface area contributed by atoms with Crippen LogP contribution < -0.4 is 5.32 Å². The predicted molar refractivity (Wildman–Crippen MR) is 77.5 cm³/mol. The lowest BCUT2D eigenvalue weighted by molar-refractivity contribution is -0.141. The van der Waals surface area contributed by atoms with Crippen LogP contribution in [0.5, 0.6) is 0 Å². The number of nitriles is 1. The zero-order valence-electron chi connectivity index (χ0n) is 11.1. The molecule has 0 bridgehead atoms. The second kappa shape index (κ2) is 7.70. The highest BCUT2D eigenvalue weighted by Gasteiger charge is 2.17. The van der Waals surface area contributed by atoms with Gasteiger partial charge in [0.15, 0.2) is 0 Å². The van der Waals surface area contributed by atoms with E-state index in [9.17, 15) is 10.1 Å². The molecule has 2 N–H and O–H groups in total. The molecule has 0 amide bonds. The zero-order chi connectivity index (χ0) is 14.3. The maximum atomic E-state index is 11.1. The summed E-state index contributed by atoms with van der Waals surface area (Å²) in [7, 11) is 0. The summed E-state index contributed by atoms with van der Waals surface area (Å²) in [6, 6.07) is 7.73. The molecule has 0 radical (unpaired) electrons. The Morgan fingerprint density at radius 3 is 2.84 bits per heavy atom. The Labute approximate surface area is 117 Å². The Kier molecular flexibility index (Phi) is 6.23. The molecule has 0 aliphatic carbocycles. The molecule has 0 saturated heterocycles. The van der Waals surface area contributed by atoms with E-state index >= 15 is 0 Å². The van der Waals surface area contributed by atoms with Gasteiger partial charge >= 0.3 is 5.97 Å². The number of carbonyl (C=O) groups is 1. The first-order valence-corrected chi connectivity index (χ1v) is 7.40. The Bertz CT molecular complexity index is 483. The molecule has 19 heavy (non-hydrogen) atoms. The average molecular weight is 278 g/mol. The maximum Gasteiger partial charge on any atom is 0.308 e. The van der Waals surface area contributed by atoms with Gasteiger partial charge in [-0.1, -0.05) is 19.4 Å². The van der Waals surface area contributed by atoms with Gasteiger partial charge in [0.1, 0.15) is 6.07 Å². The molecule has 4 nitrogen and oxygen atoms in total. The molecule has 0 heterocycles. The Hall–Kier alpha value is -1.67. The van der Waals surface area contributed by atoms with Gasteiger partial charge < -0.3 is 10.4 Å². The second-order valence-electron chi connectivity index (χ2n) is 4.20. The number of aliphatic carboxylic acids is 1. The van der Waals surface area contributed by atoms with E-state index in [1.807, 2.05) is 31.4 Å². The quantitative estimate of drug-likeness (QED) is 0.749. The predicted octanol–water partition coefficient (Wildman–Crippen LogP) is 3.19. The minimum atomic E-state index is -0.797. The number of benzene rings is 1. The summed E-state index contributed by atoms with van der Waals surface area (Å²) in [6.45, 7) is 2.31. The van der Waals surface area contributed by atoms with Crippen molar-refractivity contribution in [2.45, 2.75) is 24.7 Å². The van der Waals surface area contributed by atoms with E-state index in [-0.39, 0.29) is 0 Å². The van der Waals surface area contributed by atoms with Gasteiger partial charge in [-0.2, -0.15) is 5.26 Å². The van der Waals surface area contributed by atoms with Crippen LogP contribution in [0, 0.1) is 17.2 Å². The molecule has 5 heteroatoms. The van der Waals surface area contributed by atoms with Gasteiger partial charge in [0.05, 0.1) is 17.2 Å². The van der Waals surface area contributed by atoms with Crippen molar-refractivity contribution in [2.24, 2.45) is 5.92 Å². The number of carboxylic acid groups (broad SMARTS) is 1. The minimum Gasteiger partial charge on any atom is -0.481 e. The first-order valence-electron chi connectivity index (χ1n) is 6.17. The molecule has 1 atom stereocenters. The Morgan fingerprint density at radius 1 is 1.58 bits per heavy atom. The van der Waals surface area contributed by atoms with Crippen LogP contribution in [0.4, 0.5) is 5.69 Å². The topological polar surface area (TPSA) is 73.1 Å². The van der Waals surface area contributed by atoms with Crippen molar-refractivity contribution in [3.63, 3.8) is 0 Å². The molecule has 0 aliphatic heterocycles. The van der Waals surface area contributed by atoms with Crippen molar-refractivity contribution >= 4 is 23.4 Å². The third-order valence-electron chi connectivity index (χ3n) is 2.88. The number of rotatable bonds is 7. The number of nitrogens with one attached hydrogen (secondary N) is 1. The second-order valence-corrected chi connectivity index (χ2v) is 5.05. The molecule has 1 unspecified atom stereocenters. The van der Waals surface area contributed by atoms with E-state index < -0.39 is 11.9 Å². The van der Waals surface area contributed by atoms with Gasteiger partial charge in [-0.15, -0.1) is 11.8 Å². The number of anilines is 1. The standard InChI is InChI=1S/C14H18N2O2S/c1-3-5-10(14(17)18)9-16-12-6-4-7-13(19-2)11(12)8-15/h4,6-7,10,16H,3,5,9H2,1-2H3,(H,17,18). The largest absolute Gasteiger partial charge is 0.481 e. The summed E-state index contributed by atoms with van der Waals surface area (Å²) in [5.41, 5.74) is 1.28. The van der Waals surface area contributed by atoms with Crippen molar-refractivity contribution in [3.8, 4) is 6.07 Å². The Balaban J connectivity index is 2.82. The van der Waals surface area contributed by atoms with E-state index in [0.717, 1.165) is 11.3 Å². The number of nitrogens with zero attached hydrogens (tertiary/aromatic N) is 1. The number of hydrogen-bond acceptors (Lipinski definition) is 4. The first kappa shape index (κ1) is 15.4. The number of carboxylic acids is 1. The van der Waals surface area contributed by atoms with Crippen LogP contribution in [0.3, 0.4) is 0 Å². The molecule has 1 rings (SSSR count). The van der Waals surface area contributed by atoms with Crippen LogP contribution in [0.2, 0.25) is 0 Å². The normalized spacial score (nSPS) is 11.6. The Morgan fingerprint density at radius 2 is 2.32 bits per heavy atom. The third kappa shape index (κ3) is 4.18. The van der Waals surface area contributed by atoms with Crippen LogP contribution in [-0.2, 0) is 4.79 Å². The average Bonchev–Trinajstić information content (AvgIpc) is 2.42. The molecule has 0 saturated carbocycles. The molecule has 0 aliphatic rings. The van der Waals surface area contributed by atoms with Crippen LogP contribution in [-0.4, -0.2) is 23.9 Å². The summed E-state index contributed by atoms with van der Waals surface area (Å²) in [5.74, 6) is -1.22. The third-order valence-corrected chi connectivity index (χ3v) is 3.66. The fourth-order valence-corrected chi connectivity index (χ4v) is 2.43. The van der Waals surface area contributed by atoms with E-state index in [2.05, 4.69) is 11.4 Å². The van der Waals surface area contributed by atoms with Gasteiger partial charge in [-0.25, -0.2) is 0 Å². The van der Waals surface area contributed by atoms with Crippen molar-refractivity contribution in [3.05, 3.63) is 23.8 Å². The van der Waals surface area contributed by atoms with Crippen molar-refractivity contribution < 1.29 is 9.90 Å². The molecular formula is C14H18N2O2S. The molecule has 1 aromatic carbocycles. The van der Waals surface area contributed by atoms with Gasteiger partial charge in [0.2, 0.25) is 0 Å². The van der Waals surface area contributed by atoms with E-state index in [0.29, 0.717) is 24.2 Å². The van der Waals surface area contributed by atoms with Crippen LogP contribution >= 0.6 is 11.8 Å². The highest BCUT2D eigenvalue weighted by atomic mass is 32.2. The first-order chi connectivity index (χ1) is 9.13. The zero-order valence-corrected chi connectivity index (χ0v) is 12.0. The number of hydrogen-bond donors (Lipinski definition) is 2.